The summed E-state index contributed by atoms with van der Waals surface area (Å²) >= 11 is 0. The van der Waals surface area contributed by atoms with E-state index in [4.69, 9.17) is 9.47 Å². The van der Waals surface area contributed by atoms with Gasteiger partial charge in [0.15, 0.2) is 0 Å². The Balaban J connectivity index is 2.35. The second-order valence-electron chi connectivity index (χ2n) is 4.21. The van der Waals surface area contributed by atoms with Gasteiger partial charge in [0, 0.05) is 0 Å². The summed E-state index contributed by atoms with van der Waals surface area (Å²) in [5.74, 6) is 0.970. The first-order chi connectivity index (χ1) is 7.75. The molecule has 0 unspecified atom stereocenters. The third kappa shape index (κ3) is 1.70. The summed E-state index contributed by atoms with van der Waals surface area (Å²) in [6.07, 6.45) is 0.984. The van der Waals surface area contributed by atoms with Crippen LogP contribution in [-0.2, 0) is 16.7 Å². The molecule has 2 rings (SSSR count). The second-order valence-corrected chi connectivity index (χ2v) is 4.21. The van der Waals surface area contributed by atoms with E-state index < -0.39 is 0 Å². The third-order valence-electron chi connectivity index (χ3n) is 3.39. The van der Waals surface area contributed by atoms with Crippen LogP contribution >= 0.6 is 0 Å². The van der Waals surface area contributed by atoms with Crippen LogP contribution in [0.2, 0.25) is 0 Å². The van der Waals surface area contributed by atoms with Gasteiger partial charge in [-0.1, -0.05) is 19.1 Å². The lowest BCUT2D eigenvalue weighted by Crippen LogP contribution is -2.56. The summed E-state index contributed by atoms with van der Waals surface area (Å²) in [5, 5.41) is 3.35. The Morgan fingerprint density at radius 2 is 2.19 bits per heavy atom. The minimum atomic E-state index is 0.0101. The summed E-state index contributed by atoms with van der Waals surface area (Å²) in [5.41, 5.74) is 2.55. The number of benzene rings is 1. The van der Waals surface area contributed by atoms with E-state index in [0.29, 0.717) is 0 Å². The fourth-order valence-corrected chi connectivity index (χ4v) is 2.11. The Bertz CT molecular complexity index is 367. The Hall–Kier alpha value is -1.06. The predicted octanol–water partition coefficient (Wildman–Crippen LogP) is 1.70. The molecule has 3 nitrogen and oxygen atoms in total. The third-order valence-corrected chi connectivity index (χ3v) is 3.39. The van der Waals surface area contributed by atoms with Crippen LogP contribution < -0.4 is 10.1 Å². The maximum absolute atomic E-state index is 5.34. The van der Waals surface area contributed by atoms with Crippen LogP contribution in [0.15, 0.2) is 18.2 Å². The monoisotopic (exact) mass is 221 g/mol. The molecule has 1 saturated heterocycles. The van der Waals surface area contributed by atoms with Crippen molar-refractivity contribution in [2.45, 2.75) is 18.9 Å². The van der Waals surface area contributed by atoms with E-state index in [9.17, 15) is 0 Å². The normalized spacial score (nSPS) is 17.9. The molecule has 0 radical (unpaired) electrons. The van der Waals surface area contributed by atoms with Crippen LogP contribution in [0.5, 0.6) is 5.75 Å². The zero-order valence-corrected chi connectivity index (χ0v) is 10.2. The molecular formula is C13H19NO2. The van der Waals surface area contributed by atoms with E-state index in [2.05, 4.69) is 24.4 Å². The molecule has 1 aliphatic rings. The average Bonchev–Trinajstić information content (AvgIpc) is 2.28. The van der Waals surface area contributed by atoms with Crippen molar-refractivity contribution >= 4 is 0 Å². The van der Waals surface area contributed by atoms with Crippen molar-refractivity contribution in [3.05, 3.63) is 29.3 Å². The van der Waals surface area contributed by atoms with Gasteiger partial charge >= 0.3 is 0 Å². The first kappa shape index (κ1) is 11.4. The highest BCUT2D eigenvalue weighted by atomic mass is 16.5. The SMILES string of the molecule is CCc1cc(C2(NC)COC2)ccc1OC. The molecule has 0 amide bonds. The number of hydrogen-bond donors (Lipinski definition) is 1. The van der Waals surface area contributed by atoms with Gasteiger partial charge in [-0.2, -0.15) is 0 Å². The zero-order valence-electron chi connectivity index (χ0n) is 10.2. The average molecular weight is 221 g/mol. The molecule has 1 N–H and O–H groups in total. The van der Waals surface area contributed by atoms with Gasteiger partial charge in [-0.15, -0.1) is 0 Å². The fraction of sp³-hybridized carbons (Fsp3) is 0.538. The summed E-state index contributed by atoms with van der Waals surface area (Å²) in [6, 6.07) is 6.39. The highest BCUT2D eigenvalue weighted by Gasteiger charge is 2.38. The lowest BCUT2D eigenvalue weighted by Gasteiger charge is -2.42. The molecule has 0 saturated carbocycles. The Morgan fingerprint density at radius 3 is 2.62 bits per heavy atom. The van der Waals surface area contributed by atoms with Crippen LogP contribution in [0.25, 0.3) is 0 Å². The summed E-state index contributed by atoms with van der Waals surface area (Å²) < 4.78 is 10.7. The number of ether oxygens (including phenoxy) is 2. The largest absolute Gasteiger partial charge is 0.496 e. The minimum Gasteiger partial charge on any atom is -0.496 e. The Labute approximate surface area is 96.8 Å². The number of methoxy groups -OCH3 is 1. The maximum atomic E-state index is 5.34. The fourth-order valence-electron chi connectivity index (χ4n) is 2.11. The minimum absolute atomic E-state index is 0.0101. The van der Waals surface area contributed by atoms with Crippen LogP contribution in [0.1, 0.15) is 18.1 Å². The predicted molar refractivity (Wildman–Crippen MR) is 63.9 cm³/mol. The van der Waals surface area contributed by atoms with Gasteiger partial charge in [-0.3, -0.25) is 0 Å². The molecule has 1 heterocycles. The molecule has 1 aromatic carbocycles. The van der Waals surface area contributed by atoms with Crippen LogP contribution in [0.4, 0.5) is 0 Å². The molecule has 0 atom stereocenters. The molecule has 0 aliphatic carbocycles. The van der Waals surface area contributed by atoms with Gasteiger partial charge in [0.25, 0.3) is 0 Å². The molecule has 16 heavy (non-hydrogen) atoms. The number of nitrogens with one attached hydrogen (secondary N) is 1. The first-order valence-corrected chi connectivity index (χ1v) is 5.70. The van der Waals surface area contributed by atoms with Crippen molar-refractivity contribution < 1.29 is 9.47 Å². The van der Waals surface area contributed by atoms with E-state index in [-0.39, 0.29) is 5.54 Å². The van der Waals surface area contributed by atoms with E-state index in [1.54, 1.807) is 7.11 Å². The van der Waals surface area contributed by atoms with Crippen molar-refractivity contribution in [2.75, 3.05) is 27.4 Å². The summed E-state index contributed by atoms with van der Waals surface area (Å²) in [4.78, 5) is 0. The quantitative estimate of drug-likeness (QED) is 0.839. The summed E-state index contributed by atoms with van der Waals surface area (Å²) in [6.45, 7) is 3.64. The molecule has 88 valence electrons. The van der Waals surface area contributed by atoms with Gasteiger partial charge in [-0.05, 0) is 30.7 Å². The van der Waals surface area contributed by atoms with Crippen molar-refractivity contribution in [3.63, 3.8) is 0 Å². The van der Waals surface area contributed by atoms with Gasteiger partial charge in [-0.25, -0.2) is 0 Å². The Kier molecular flexibility index (Phi) is 3.17. The maximum Gasteiger partial charge on any atom is 0.122 e. The van der Waals surface area contributed by atoms with Crippen LogP contribution in [-0.4, -0.2) is 27.4 Å². The summed E-state index contributed by atoms with van der Waals surface area (Å²) in [7, 11) is 3.70. The topological polar surface area (TPSA) is 30.5 Å². The molecule has 0 bridgehead atoms. The number of hydrogen-bond acceptors (Lipinski definition) is 3. The number of likely N-dealkylation sites (N-methyl/N-ethyl adjacent to an activating group) is 1. The van der Waals surface area contributed by atoms with Gasteiger partial charge in [0.2, 0.25) is 0 Å². The second kappa shape index (κ2) is 4.44. The van der Waals surface area contributed by atoms with Crippen molar-refractivity contribution in [1.82, 2.24) is 5.32 Å². The molecule has 1 fully saturated rings. The molecule has 1 aromatic rings. The van der Waals surface area contributed by atoms with Crippen molar-refractivity contribution in [3.8, 4) is 5.75 Å². The molecule has 0 spiro atoms. The molecular weight excluding hydrogens is 202 g/mol. The smallest absolute Gasteiger partial charge is 0.122 e. The lowest BCUT2D eigenvalue weighted by molar-refractivity contribution is -0.0748. The first-order valence-electron chi connectivity index (χ1n) is 5.70. The van der Waals surface area contributed by atoms with E-state index in [0.717, 1.165) is 25.4 Å². The molecule has 0 aromatic heterocycles. The van der Waals surface area contributed by atoms with Crippen molar-refractivity contribution in [2.24, 2.45) is 0 Å². The van der Waals surface area contributed by atoms with E-state index >= 15 is 0 Å². The number of rotatable bonds is 4. The van der Waals surface area contributed by atoms with Crippen LogP contribution in [0, 0.1) is 0 Å². The van der Waals surface area contributed by atoms with Crippen molar-refractivity contribution in [1.29, 1.82) is 0 Å². The highest BCUT2D eigenvalue weighted by molar-refractivity contribution is 5.41. The van der Waals surface area contributed by atoms with Gasteiger partial charge in [0.05, 0.1) is 25.9 Å². The number of aryl methyl sites for hydroxylation is 1. The Morgan fingerprint density at radius 1 is 1.44 bits per heavy atom. The zero-order chi connectivity index (χ0) is 11.6. The molecule has 3 heteroatoms. The van der Waals surface area contributed by atoms with E-state index in [1.165, 1.54) is 11.1 Å². The van der Waals surface area contributed by atoms with E-state index in [1.807, 2.05) is 13.1 Å². The standard InChI is InChI=1S/C13H19NO2/c1-4-10-7-11(5-6-12(10)15-3)13(14-2)8-16-9-13/h5-7,14H,4,8-9H2,1-3H3. The van der Waals surface area contributed by atoms with Gasteiger partial charge < -0.3 is 14.8 Å². The molecule has 1 aliphatic heterocycles. The highest BCUT2D eigenvalue weighted by Crippen LogP contribution is 2.32. The van der Waals surface area contributed by atoms with Crippen LogP contribution in [0.3, 0.4) is 0 Å². The van der Waals surface area contributed by atoms with Gasteiger partial charge in [0.1, 0.15) is 5.75 Å². The lowest BCUT2D eigenvalue weighted by atomic mass is 9.87.